The number of rotatable bonds is 4. The van der Waals surface area contributed by atoms with E-state index in [1.54, 1.807) is 18.7 Å². The summed E-state index contributed by atoms with van der Waals surface area (Å²) < 4.78 is 32.6. The van der Waals surface area contributed by atoms with Crippen LogP contribution in [0.2, 0.25) is 5.02 Å². The van der Waals surface area contributed by atoms with Crippen molar-refractivity contribution in [1.82, 2.24) is 4.57 Å². The number of ether oxygens (including phenoxy) is 1. The summed E-state index contributed by atoms with van der Waals surface area (Å²) in [5, 5.41) is 0.422. The molecule has 26 heavy (non-hydrogen) atoms. The number of nitrogens with zero attached hydrogens (tertiary/aromatic N) is 2. The number of halogens is 1. The topological polar surface area (TPSA) is 77.7 Å². The zero-order valence-corrected chi connectivity index (χ0v) is 16.4. The van der Waals surface area contributed by atoms with E-state index in [-0.39, 0.29) is 4.90 Å². The molecule has 3 aromatic rings. The minimum atomic E-state index is -3.78. The second-order valence-corrected chi connectivity index (χ2v) is 8.90. The number of thiazole rings is 1. The Morgan fingerprint density at radius 1 is 1.23 bits per heavy atom. The third-order valence-corrected chi connectivity index (χ3v) is 6.68. The van der Waals surface area contributed by atoms with Gasteiger partial charge in [0.05, 0.1) is 16.7 Å². The van der Waals surface area contributed by atoms with Gasteiger partial charge in [-0.2, -0.15) is 4.99 Å². The highest BCUT2D eigenvalue weighted by Gasteiger charge is 2.19. The van der Waals surface area contributed by atoms with Crippen LogP contribution in [0, 0.1) is 0 Å². The molecule has 0 radical (unpaired) electrons. The fraction of sp³-hybridized carbons (Fsp3) is 0.176. The standard InChI is InChI=1S/C17H15ClN2O4S2/c1-20-16-13(24-2)4-3-5-14(16)25-17(20)19-15(21)10-26(22,23)12-8-6-11(18)7-9-12/h3-9H,10H2,1-2H3. The molecule has 6 nitrogen and oxygen atoms in total. The maximum absolute atomic E-state index is 12.4. The summed E-state index contributed by atoms with van der Waals surface area (Å²) >= 11 is 7.05. The molecule has 0 saturated carbocycles. The summed E-state index contributed by atoms with van der Waals surface area (Å²) in [6.07, 6.45) is 0. The van der Waals surface area contributed by atoms with Gasteiger partial charge in [-0.3, -0.25) is 4.79 Å². The molecule has 1 heterocycles. The number of hydrogen-bond acceptors (Lipinski definition) is 5. The van der Waals surface area contributed by atoms with Crippen molar-refractivity contribution in [2.75, 3.05) is 12.9 Å². The molecule has 0 aliphatic rings. The lowest BCUT2D eigenvalue weighted by Crippen LogP contribution is -2.19. The van der Waals surface area contributed by atoms with Crippen LogP contribution in [0.5, 0.6) is 5.75 Å². The number of benzene rings is 2. The Kier molecular flexibility index (Phi) is 5.17. The third kappa shape index (κ3) is 3.67. The summed E-state index contributed by atoms with van der Waals surface area (Å²) in [5.41, 5.74) is 0.798. The van der Waals surface area contributed by atoms with E-state index in [0.29, 0.717) is 15.6 Å². The molecular weight excluding hydrogens is 396 g/mol. The van der Waals surface area contributed by atoms with Gasteiger partial charge in [0.25, 0.3) is 5.91 Å². The molecule has 0 saturated heterocycles. The predicted octanol–water partition coefficient (Wildman–Crippen LogP) is 2.80. The number of carbonyl (C=O) groups is 1. The van der Waals surface area contributed by atoms with E-state index in [1.807, 2.05) is 18.2 Å². The van der Waals surface area contributed by atoms with Crippen LogP contribution < -0.4 is 9.54 Å². The highest BCUT2D eigenvalue weighted by Crippen LogP contribution is 2.26. The number of sulfone groups is 1. The highest BCUT2D eigenvalue weighted by molar-refractivity contribution is 7.92. The van der Waals surface area contributed by atoms with E-state index in [9.17, 15) is 13.2 Å². The van der Waals surface area contributed by atoms with E-state index in [2.05, 4.69) is 4.99 Å². The van der Waals surface area contributed by atoms with Crippen LogP contribution in [0.4, 0.5) is 0 Å². The molecule has 0 atom stereocenters. The average Bonchev–Trinajstić information content (AvgIpc) is 2.90. The SMILES string of the molecule is COc1cccc2sc(=NC(=O)CS(=O)(=O)c3ccc(Cl)cc3)n(C)c12. The van der Waals surface area contributed by atoms with E-state index in [0.717, 1.165) is 10.2 Å². The van der Waals surface area contributed by atoms with Gasteiger partial charge in [0.2, 0.25) is 0 Å². The second-order valence-electron chi connectivity index (χ2n) is 5.47. The van der Waals surface area contributed by atoms with Gasteiger partial charge < -0.3 is 9.30 Å². The van der Waals surface area contributed by atoms with Gasteiger partial charge in [0.1, 0.15) is 17.0 Å². The average molecular weight is 411 g/mol. The van der Waals surface area contributed by atoms with Gasteiger partial charge in [-0.25, -0.2) is 8.42 Å². The van der Waals surface area contributed by atoms with Gasteiger partial charge in [-0.15, -0.1) is 0 Å². The zero-order chi connectivity index (χ0) is 18.9. The molecule has 0 unspecified atom stereocenters. The Morgan fingerprint density at radius 2 is 1.92 bits per heavy atom. The molecule has 1 amide bonds. The zero-order valence-electron chi connectivity index (χ0n) is 14.0. The lowest BCUT2D eigenvalue weighted by molar-refractivity contribution is -0.115. The predicted molar refractivity (Wildman–Crippen MR) is 101 cm³/mol. The second kappa shape index (κ2) is 7.22. The van der Waals surface area contributed by atoms with Gasteiger partial charge in [-0.1, -0.05) is 29.0 Å². The van der Waals surface area contributed by atoms with Gasteiger partial charge >= 0.3 is 0 Å². The minimum absolute atomic E-state index is 0.0350. The van der Waals surface area contributed by atoms with E-state index >= 15 is 0 Å². The van der Waals surface area contributed by atoms with Crippen LogP contribution in [0.1, 0.15) is 0 Å². The smallest absolute Gasteiger partial charge is 0.263 e. The van der Waals surface area contributed by atoms with E-state index in [1.165, 1.54) is 35.6 Å². The molecular formula is C17H15ClN2O4S2. The number of carbonyl (C=O) groups excluding carboxylic acids is 1. The minimum Gasteiger partial charge on any atom is -0.495 e. The first-order valence-electron chi connectivity index (χ1n) is 7.50. The number of aryl methyl sites for hydroxylation is 1. The number of methoxy groups -OCH3 is 1. The van der Waals surface area contributed by atoms with Crippen LogP contribution in [0.25, 0.3) is 10.2 Å². The van der Waals surface area contributed by atoms with Gasteiger partial charge in [0, 0.05) is 12.1 Å². The lowest BCUT2D eigenvalue weighted by Gasteiger charge is -2.03. The molecule has 0 fully saturated rings. The first-order valence-corrected chi connectivity index (χ1v) is 10.3. The molecule has 0 aliphatic heterocycles. The fourth-order valence-electron chi connectivity index (χ4n) is 2.47. The molecule has 2 aromatic carbocycles. The Bertz CT molecular complexity index is 1150. The Morgan fingerprint density at radius 3 is 2.58 bits per heavy atom. The molecule has 1 aromatic heterocycles. The summed E-state index contributed by atoms with van der Waals surface area (Å²) in [5.74, 6) is -0.787. The van der Waals surface area contributed by atoms with Gasteiger partial charge in [0.15, 0.2) is 14.6 Å². The molecule has 9 heteroatoms. The largest absolute Gasteiger partial charge is 0.495 e. The molecule has 0 spiro atoms. The molecule has 0 aliphatic carbocycles. The lowest BCUT2D eigenvalue weighted by atomic mass is 10.3. The Balaban J connectivity index is 1.95. The molecule has 0 bridgehead atoms. The number of para-hydroxylation sites is 1. The fourth-order valence-corrected chi connectivity index (χ4v) is 4.75. The van der Waals surface area contributed by atoms with Crippen molar-refractivity contribution in [2.24, 2.45) is 12.0 Å². The van der Waals surface area contributed by atoms with E-state index in [4.69, 9.17) is 16.3 Å². The van der Waals surface area contributed by atoms with Crippen molar-refractivity contribution >= 4 is 48.9 Å². The molecule has 136 valence electrons. The number of fused-ring (bicyclic) bond motifs is 1. The third-order valence-electron chi connectivity index (χ3n) is 3.71. The van der Waals surface area contributed by atoms with Gasteiger partial charge in [-0.05, 0) is 36.4 Å². The van der Waals surface area contributed by atoms with Crippen LogP contribution in [-0.2, 0) is 21.7 Å². The quantitative estimate of drug-likeness (QED) is 0.662. The summed E-state index contributed by atoms with van der Waals surface area (Å²) in [7, 11) is -0.470. The Labute approximate surface area is 159 Å². The maximum atomic E-state index is 12.4. The summed E-state index contributed by atoms with van der Waals surface area (Å²) in [4.78, 5) is 16.7. The maximum Gasteiger partial charge on any atom is 0.263 e. The molecule has 3 rings (SSSR count). The van der Waals surface area contributed by atoms with Crippen molar-refractivity contribution in [3.05, 3.63) is 52.3 Å². The van der Waals surface area contributed by atoms with Crippen molar-refractivity contribution in [3.63, 3.8) is 0 Å². The molecule has 0 N–H and O–H groups in total. The summed E-state index contributed by atoms with van der Waals surface area (Å²) in [6.45, 7) is 0. The van der Waals surface area contributed by atoms with E-state index < -0.39 is 21.5 Å². The first kappa shape index (κ1) is 18.6. The van der Waals surface area contributed by atoms with Crippen LogP contribution in [-0.4, -0.2) is 31.8 Å². The monoisotopic (exact) mass is 410 g/mol. The van der Waals surface area contributed by atoms with Crippen molar-refractivity contribution in [2.45, 2.75) is 4.90 Å². The number of amides is 1. The van der Waals surface area contributed by atoms with Crippen LogP contribution >= 0.6 is 22.9 Å². The highest BCUT2D eigenvalue weighted by atomic mass is 35.5. The van der Waals surface area contributed by atoms with Crippen molar-refractivity contribution in [3.8, 4) is 5.75 Å². The van der Waals surface area contributed by atoms with Crippen molar-refractivity contribution in [1.29, 1.82) is 0 Å². The van der Waals surface area contributed by atoms with Crippen LogP contribution in [0.15, 0.2) is 52.4 Å². The van der Waals surface area contributed by atoms with Crippen LogP contribution in [0.3, 0.4) is 0 Å². The number of hydrogen-bond donors (Lipinski definition) is 0. The first-order chi connectivity index (χ1) is 12.3. The summed E-state index contributed by atoms with van der Waals surface area (Å²) in [6, 6.07) is 11.2. The normalized spacial score (nSPS) is 12.5. The Hall–Kier alpha value is -2.16. The number of aromatic nitrogens is 1. The van der Waals surface area contributed by atoms with Crippen molar-refractivity contribution < 1.29 is 17.9 Å².